The summed E-state index contributed by atoms with van der Waals surface area (Å²) in [6.45, 7) is 1.63. The Morgan fingerprint density at radius 1 is 1.26 bits per heavy atom. The lowest BCUT2D eigenvalue weighted by molar-refractivity contribution is 0.0682. The van der Waals surface area contributed by atoms with Crippen LogP contribution in [0.1, 0.15) is 26.5 Å². The smallest absolute Gasteiger partial charge is 0.354 e. The Morgan fingerprint density at radius 3 is 2.63 bits per heavy atom. The molecule has 0 aliphatic rings. The minimum atomic E-state index is -1.09. The summed E-state index contributed by atoms with van der Waals surface area (Å²) in [5, 5.41) is 18.2. The Labute approximate surface area is 106 Å². The van der Waals surface area contributed by atoms with Gasteiger partial charge in [0.2, 0.25) is 5.78 Å². The summed E-state index contributed by atoms with van der Waals surface area (Å²) in [7, 11) is 0. The molecule has 0 saturated heterocycles. The van der Waals surface area contributed by atoms with E-state index in [0.717, 1.165) is 0 Å². The highest BCUT2D eigenvalue weighted by Gasteiger charge is 2.19. The van der Waals surface area contributed by atoms with Crippen LogP contribution in [0.15, 0.2) is 18.2 Å². The lowest BCUT2D eigenvalue weighted by Crippen LogP contribution is -2.03. The highest BCUT2D eigenvalue weighted by Crippen LogP contribution is 2.22. The van der Waals surface area contributed by atoms with Crippen LogP contribution >= 0.6 is 0 Å². The predicted octanol–water partition coefficient (Wildman–Crippen LogP) is 1.52. The second-order valence-electron chi connectivity index (χ2n) is 4.18. The molecule has 0 bridgehead atoms. The molecule has 19 heavy (non-hydrogen) atoms. The summed E-state index contributed by atoms with van der Waals surface area (Å²) in [5.41, 5.74) is 1.61. The maximum atomic E-state index is 11.3. The van der Waals surface area contributed by atoms with Crippen LogP contribution in [0, 0.1) is 6.92 Å². The molecule has 0 spiro atoms. The number of nitrogens with zero attached hydrogens (tertiary/aromatic N) is 2. The number of benzene rings is 1. The Bertz CT molecular complexity index is 844. The zero-order valence-corrected chi connectivity index (χ0v) is 9.84. The van der Waals surface area contributed by atoms with E-state index in [1.54, 1.807) is 13.0 Å². The largest absolute Gasteiger partial charge is 0.478 e. The molecule has 0 fully saturated rings. The van der Waals surface area contributed by atoms with Gasteiger partial charge >= 0.3 is 11.9 Å². The van der Waals surface area contributed by atoms with E-state index in [2.05, 4.69) is 9.97 Å². The molecule has 7 heteroatoms. The number of hydrogen-bond donors (Lipinski definition) is 3. The van der Waals surface area contributed by atoms with Gasteiger partial charge in [0.25, 0.3) is 0 Å². The quantitative estimate of drug-likeness (QED) is 0.646. The van der Waals surface area contributed by atoms with Gasteiger partial charge in [0.15, 0.2) is 5.69 Å². The average molecular weight is 259 g/mol. The molecule has 7 nitrogen and oxygen atoms in total. The molecule has 96 valence electrons. The average Bonchev–Trinajstić information content (AvgIpc) is 2.81. The number of aromatic amines is 1. The first kappa shape index (κ1) is 11.3. The SMILES string of the molecule is Cc1[nH]c2nc3ccc(C(=O)O)cc3n2c1C(=O)O. The van der Waals surface area contributed by atoms with Gasteiger partial charge in [0, 0.05) is 5.69 Å². The molecule has 0 amide bonds. The summed E-state index contributed by atoms with van der Waals surface area (Å²) >= 11 is 0. The van der Waals surface area contributed by atoms with Crippen LogP contribution in [0.5, 0.6) is 0 Å². The fourth-order valence-corrected chi connectivity index (χ4v) is 2.17. The van der Waals surface area contributed by atoms with Crippen molar-refractivity contribution in [2.45, 2.75) is 6.92 Å². The van der Waals surface area contributed by atoms with E-state index in [-0.39, 0.29) is 11.3 Å². The van der Waals surface area contributed by atoms with Crippen molar-refractivity contribution in [3.63, 3.8) is 0 Å². The molecule has 2 aromatic heterocycles. The van der Waals surface area contributed by atoms with Crippen molar-refractivity contribution in [2.75, 3.05) is 0 Å². The van der Waals surface area contributed by atoms with E-state index in [4.69, 9.17) is 5.11 Å². The molecular formula is C12H9N3O4. The van der Waals surface area contributed by atoms with Crippen molar-refractivity contribution in [3.8, 4) is 0 Å². The number of nitrogens with one attached hydrogen (secondary N) is 1. The summed E-state index contributed by atoms with van der Waals surface area (Å²) in [4.78, 5) is 29.3. The fourth-order valence-electron chi connectivity index (χ4n) is 2.17. The van der Waals surface area contributed by atoms with Gasteiger partial charge in [-0.05, 0) is 25.1 Å². The topological polar surface area (TPSA) is 108 Å². The van der Waals surface area contributed by atoms with Crippen LogP contribution in [-0.2, 0) is 0 Å². The maximum Gasteiger partial charge on any atom is 0.354 e. The van der Waals surface area contributed by atoms with Crippen LogP contribution in [0.25, 0.3) is 16.8 Å². The second kappa shape index (κ2) is 3.58. The molecule has 0 radical (unpaired) electrons. The van der Waals surface area contributed by atoms with Crippen molar-refractivity contribution in [2.24, 2.45) is 0 Å². The Hall–Kier alpha value is -2.83. The second-order valence-corrected chi connectivity index (χ2v) is 4.18. The van der Waals surface area contributed by atoms with Gasteiger partial charge in [-0.3, -0.25) is 4.40 Å². The minimum absolute atomic E-state index is 0.0556. The third kappa shape index (κ3) is 1.48. The van der Waals surface area contributed by atoms with Gasteiger partial charge in [-0.1, -0.05) is 0 Å². The molecule has 3 rings (SSSR count). The minimum Gasteiger partial charge on any atom is -0.478 e. The molecule has 0 saturated carbocycles. The molecule has 1 aromatic carbocycles. The number of aromatic carboxylic acids is 2. The lowest BCUT2D eigenvalue weighted by atomic mass is 10.2. The summed E-state index contributed by atoms with van der Waals surface area (Å²) in [5.74, 6) is -1.78. The Morgan fingerprint density at radius 2 is 2.00 bits per heavy atom. The highest BCUT2D eigenvalue weighted by atomic mass is 16.4. The number of imidazole rings is 2. The van der Waals surface area contributed by atoms with Gasteiger partial charge in [-0.2, -0.15) is 0 Å². The molecule has 0 unspecified atom stereocenters. The fraction of sp³-hybridized carbons (Fsp3) is 0.0833. The van der Waals surface area contributed by atoms with Gasteiger partial charge in [-0.15, -0.1) is 0 Å². The van der Waals surface area contributed by atoms with Crippen LogP contribution in [-0.4, -0.2) is 36.5 Å². The monoisotopic (exact) mass is 259 g/mol. The molecule has 0 atom stereocenters. The van der Waals surface area contributed by atoms with Gasteiger partial charge in [0.05, 0.1) is 16.6 Å². The first-order chi connectivity index (χ1) is 8.99. The van der Waals surface area contributed by atoms with Gasteiger partial charge in [-0.25, -0.2) is 14.6 Å². The zero-order chi connectivity index (χ0) is 13.7. The van der Waals surface area contributed by atoms with E-state index in [9.17, 15) is 14.7 Å². The third-order valence-electron chi connectivity index (χ3n) is 2.98. The molecule has 2 heterocycles. The predicted molar refractivity (Wildman–Crippen MR) is 65.7 cm³/mol. The van der Waals surface area contributed by atoms with Crippen molar-refractivity contribution in [1.29, 1.82) is 0 Å². The van der Waals surface area contributed by atoms with Crippen molar-refractivity contribution in [3.05, 3.63) is 35.2 Å². The zero-order valence-electron chi connectivity index (χ0n) is 9.84. The number of aryl methyl sites for hydroxylation is 1. The molecule has 3 N–H and O–H groups in total. The summed E-state index contributed by atoms with van der Waals surface area (Å²) in [6, 6.07) is 4.41. The highest BCUT2D eigenvalue weighted by molar-refractivity contribution is 5.96. The van der Waals surface area contributed by atoms with Crippen LogP contribution in [0.3, 0.4) is 0 Å². The number of fused-ring (bicyclic) bond motifs is 3. The first-order valence-electron chi connectivity index (χ1n) is 5.46. The number of aromatic nitrogens is 3. The number of carboxylic acids is 2. The van der Waals surface area contributed by atoms with Gasteiger partial charge < -0.3 is 15.2 Å². The summed E-state index contributed by atoms with van der Waals surface area (Å²) in [6.07, 6.45) is 0. The normalized spacial score (nSPS) is 11.2. The van der Waals surface area contributed by atoms with Gasteiger partial charge in [0.1, 0.15) is 0 Å². The standard InChI is InChI=1S/C12H9N3O4/c1-5-9(11(18)19)15-8-4-6(10(16)17)2-3-7(8)14-12(15)13-5/h2-4H,1H3,(H,13,14)(H,16,17)(H,18,19). The molecule has 0 aliphatic carbocycles. The first-order valence-corrected chi connectivity index (χ1v) is 5.46. The van der Waals surface area contributed by atoms with Crippen molar-refractivity contribution in [1.82, 2.24) is 14.4 Å². The number of carboxylic acid groups (broad SMARTS) is 2. The van der Waals surface area contributed by atoms with E-state index in [1.807, 2.05) is 0 Å². The Kier molecular flexibility index (Phi) is 2.12. The van der Waals surface area contributed by atoms with E-state index >= 15 is 0 Å². The number of H-pyrrole nitrogens is 1. The number of carbonyl (C=O) groups is 2. The Balaban J connectivity index is 2.47. The molecule has 3 aromatic rings. The third-order valence-corrected chi connectivity index (χ3v) is 2.98. The van der Waals surface area contributed by atoms with Crippen LogP contribution < -0.4 is 0 Å². The van der Waals surface area contributed by atoms with E-state index < -0.39 is 11.9 Å². The molecular weight excluding hydrogens is 250 g/mol. The van der Waals surface area contributed by atoms with Crippen LogP contribution in [0.2, 0.25) is 0 Å². The number of rotatable bonds is 2. The summed E-state index contributed by atoms with van der Waals surface area (Å²) < 4.78 is 1.42. The number of hydrogen-bond acceptors (Lipinski definition) is 3. The van der Waals surface area contributed by atoms with E-state index in [1.165, 1.54) is 16.5 Å². The van der Waals surface area contributed by atoms with E-state index in [0.29, 0.717) is 22.5 Å². The maximum absolute atomic E-state index is 11.3. The lowest BCUT2D eigenvalue weighted by Gasteiger charge is -1.98. The molecule has 0 aliphatic heterocycles. The van der Waals surface area contributed by atoms with Crippen LogP contribution in [0.4, 0.5) is 0 Å². The van der Waals surface area contributed by atoms with Crippen molar-refractivity contribution < 1.29 is 19.8 Å². The van der Waals surface area contributed by atoms with Crippen molar-refractivity contribution >= 4 is 28.7 Å².